The van der Waals surface area contributed by atoms with Gasteiger partial charge in [0.05, 0.1) is 0 Å². The third-order valence-corrected chi connectivity index (χ3v) is 5.30. The number of benzene rings is 1. The van der Waals surface area contributed by atoms with E-state index < -0.39 is 0 Å². The third-order valence-electron chi connectivity index (χ3n) is 5.04. The van der Waals surface area contributed by atoms with Crippen molar-refractivity contribution in [2.45, 2.75) is 38.1 Å². The van der Waals surface area contributed by atoms with Gasteiger partial charge in [-0.25, -0.2) is 0 Å². The van der Waals surface area contributed by atoms with Crippen LogP contribution in [0.4, 0.5) is 0 Å². The molecule has 2 aliphatic rings. The molecule has 4 unspecified atom stereocenters. The van der Waals surface area contributed by atoms with Gasteiger partial charge in [-0.15, -0.1) is 0 Å². The second-order valence-electron chi connectivity index (χ2n) is 6.06. The van der Waals surface area contributed by atoms with Crippen molar-refractivity contribution in [3.63, 3.8) is 0 Å². The van der Waals surface area contributed by atoms with Gasteiger partial charge in [0.25, 0.3) is 0 Å². The molecule has 1 aromatic rings. The first kappa shape index (κ1) is 12.5. The van der Waals surface area contributed by atoms with Crippen molar-refractivity contribution in [1.29, 1.82) is 0 Å². The number of hydrogen-bond acceptors (Lipinski definition) is 1. The molecule has 2 fully saturated rings. The molecule has 0 amide bonds. The molecule has 2 aliphatic carbocycles. The van der Waals surface area contributed by atoms with Crippen LogP contribution in [0.3, 0.4) is 0 Å². The molecule has 0 saturated heterocycles. The quantitative estimate of drug-likeness (QED) is 0.848. The zero-order valence-corrected chi connectivity index (χ0v) is 11.8. The fraction of sp³-hybridized carbons (Fsp3) is 0.625. The summed E-state index contributed by atoms with van der Waals surface area (Å²) >= 11 is 5.96. The summed E-state index contributed by atoms with van der Waals surface area (Å²) in [5.41, 5.74) is 1.38. The number of rotatable bonds is 4. The molecule has 2 heteroatoms. The summed E-state index contributed by atoms with van der Waals surface area (Å²) < 4.78 is 0. The summed E-state index contributed by atoms with van der Waals surface area (Å²) in [5.74, 6) is 3.00. The van der Waals surface area contributed by atoms with Crippen LogP contribution in [-0.2, 0) is 0 Å². The Hall–Kier alpha value is -0.530. The highest BCUT2D eigenvalue weighted by atomic mass is 35.5. The van der Waals surface area contributed by atoms with Crippen molar-refractivity contribution in [1.82, 2.24) is 5.32 Å². The van der Waals surface area contributed by atoms with E-state index in [9.17, 15) is 0 Å². The Bertz CT molecular complexity index is 400. The van der Waals surface area contributed by atoms with Crippen LogP contribution < -0.4 is 5.32 Å². The lowest BCUT2D eigenvalue weighted by atomic mass is 9.83. The number of nitrogens with one attached hydrogen (secondary N) is 1. The summed E-state index contributed by atoms with van der Waals surface area (Å²) in [6.07, 6.45) is 7.23. The Morgan fingerprint density at radius 1 is 1.22 bits per heavy atom. The van der Waals surface area contributed by atoms with E-state index in [1.54, 1.807) is 0 Å². The molecule has 98 valence electrons. The molecule has 18 heavy (non-hydrogen) atoms. The van der Waals surface area contributed by atoms with Gasteiger partial charge in [0.15, 0.2) is 0 Å². The maximum atomic E-state index is 5.96. The molecule has 3 rings (SSSR count). The van der Waals surface area contributed by atoms with Crippen LogP contribution in [0.25, 0.3) is 0 Å². The average Bonchev–Trinajstić information content (AvgIpc) is 2.99. The fourth-order valence-corrected chi connectivity index (χ4v) is 4.21. The lowest BCUT2D eigenvalue weighted by Gasteiger charge is -2.26. The van der Waals surface area contributed by atoms with Gasteiger partial charge in [0.2, 0.25) is 0 Å². The Morgan fingerprint density at radius 3 is 2.56 bits per heavy atom. The second-order valence-corrected chi connectivity index (χ2v) is 6.50. The third kappa shape index (κ3) is 2.44. The fourth-order valence-electron chi connectivity index (χ4n) is 4.08. The normalized spacial score (nSPS) is 31.8. The van der Waals surface area contributed by atoms with E-state index in [2.05, 4.69) is 24.5 Å². The van der Waals surface area contributed by atoms with E-state index in [-0.39, 0.29) is 0 Å². The van der Waals surface area contributed by atoms with Gasteiger partial charge in [-0.2, -0.15) is 0 Å². The molecule has 4 atom stereocenters. The molecule has 0 spiro atoms. The van der Waals surface area contributed by atoms with Crippen molar-refractivity contribution in [3.05, 3.63) is 34.9 Å². The zero-order valence-electron chi connectivity index (χ0n) is 11.0. The van der Waals surface area contributed by atoms with Crippen LogP contribution in [0.2, 0.25) is 5.02 Å². The molecule has 0 radical (unpaired) electrons. The summed E-state index contributed by atoms with van der Waals surface area (Å²) in [6.45, 7) is 0. The minimum atomic E-state index is 0.492. The van der Waals surface area contributed by atoms with Gasteiger partial charge in [0.1, 0.15) is 0 Å². The van der Waals surface area contributed by atoms with Crippen LogP contribution in [0, 0.1) is 17.8 Å². The van der Waals surface area contributed by atoms with Gasteiger partial charge < -0.3 is 5.32 Å². The Labute approximate surface area is 115 Å². The van der Waals surface area contributed by atoms with E-state index in [1.165, 1.54) is 37.7 Å². The monoisotopic (exact) mass is 263 g/mol. The largest absolute Gasteiger partial charge is 0.313 e. The van der Waals surface area contributed by atoms with Crippen LogP contribution >= 0.6 is 11.6 Å². The van der Waals surface area contributed by atoms with Crippen LogP contribution in [0.5, 0.6) is 0 Å². The second kappa shape index (κ2) is 5.22. The number of fused-ring (bicyclic) bond motifs is 2. The minimum Gasteiger partial charge on any atom is -0.313 e. The van der Waals surface area contributed by atoms with E-state index in [1.807, 2.05) is 12.1 Å². The van der Waals surface area contributed by atoms with Gasteiger partial charge >= 0.3 is 0 Å². The maximum absolute atomic E-state index is 5.96. The van der Waals surface area contributed by atoms with Crippen molar-refractivity contribution in [2.75, 3.05) is 7.05 Å². The molecule has 1 N–H and O–H groups in total. The predicted octanol–water partition coefficient (Wildman–Crippen LogP) is 4.43. The topological polar surface area (TPSA) is 12.0 Å². The van der Waals surface area contributed by atoms with E-state index >= 15 is 0 Å². The first-order valence-electron chi connectivity index (χ1n) is 7.19. The van der Waals surface area contributed by atoms with Crippen molar-refractivity contribution >= 4 is 11.6 Å². The Balaban J connectivity index is 1.67. The summed E-state index contributed by atoms with van der Waals surface area (Å²) in [5, 5.41) is 4.31. The first-order chi connectivity index (χ1) is 8.76. The molecule has 0 aromatic heterocycles. The molecule has 1 aromatic carbocycles. The summed E-state index contributed by atoms with van der Waals surface area (Å²) in [4.78, 5) is 0. The van der Waals surface area contributed by atoms with Gasteiger partial charge in [-0.05, 0) is 68.2 Å². The number of halogens is 1. The lowest BCUT2D eigenvalue weighted by molar-refractivity contribution is 0.284. The number of hydrogen-bond donors (Lipinski definition) is 1. The molecule has 2 bridgehead atoms. The smallest absolute Gasteiger partial charge is 0.0406 e. The highest BCUT2D eigenvalue weighted by Gasteiger charge is 2.40. The lowest BCUT2D eigenvalue weighted by Crippen LogP contribution is -2.22. The summed E-state index contributed by atoms with van der Waals surface area (Å²) in [7, 11) is 2.08. The van der Waals surface area contributed by atoms with Crippen molar-refractivity contribution < 1.29 is 0 Å². The van der Waals surface area contributed by atoms with Gasteiger partial charge in [-0.3, -0.25) is 0 Å². The molecule has 1 nitrogen and oxygen atoms in total. The van der Waals surface area contributed by atoms with Crippen molar-refractivity contribution in [3.8, 4) is 0 Å². The standard InChI is InChI=1S/C16H22ClN/c1-18-16(12-4-6-15(17)7-5-12)10-14-9-11-2-3-13(14)8-11/h4-7,11,13-14,16,18H,2-3,8-10H2,1H3. The molecular weight excluding hydrogens is 242 g/mol. The Kier molecular flexibility index (Phi) is 3.63. The van der Waals surface area contributed by atoms with Crippen LogP contribution in [-0.4, -0.2) is 7.05 Å². The SMILES string of the molecule is CNC(CC1CC2CCC1C2)c1ccc(Cl)cc1. The summed E-state index contributed by atoms with van der Waals surface area (Å²) in [6, 6.07) is 8.82. The minimum absolute atomic E-state index is 0.492. The molecule has 2 saturated carbocycles. The van der Waals surface area contributed by atoms with E-state index in [0.717, 1.165) is 22.8 Å². The molecular formula is C16H22ClN. The molecule has 0 aliphatic heterocycles. The average molecular weight is 264 g/mol. The van der Waals surface area contributed by atoms with Crippen molar-refractivity contribution in [2.24, 2.45) is 17.8 Å². The molecule has 0 heterocycles. The predicted molar refractivity (Wildman–Crippen MR) is 76.8 cm³/mol. The zero-order chi connectivity index (χ0) is 12.5. The van der Waals surface area contributed by atoms with Crippen LogP contribution in [0.1, 0.15) is 43.7 Å². The highest BCUT2D eigenvalue weighted by Crippen LogP contribution is 2.50. The maximum Gasteiger partial charge on any atom is 0.0406 e. The van der Waals surface area contributed by atoms with E-state index in [4.69, 9.17) is 11.6 Å². The van der Waals surface area contributed by atoms with Gasteiger partial charge in [0, 0.05) is 11.1 Å². The van der Waals surface area contributed by atoms with Gasteiger partial charge in [-0.1, -0.05) is 30.2 Å². The first-order valence-corrected chi connectivity index (χ1v) is 7.56. The van der Waals surface area contributed by atoms with Crippen LogP contribution in [0.15, 0.2) is 24.3 Å². The Morgan fingerprint density at radius 2 is 2.00 bits per heavy atom. The highest BCUT2D eigenvalue weighted by molar-refractivity contribution is 6.30. The van der Waals surface area contributed by atoms with E-state index in [0.29, 0.717) is 6.04 Å².